The van der Waals surface area contributed by atoms with Gasteiger partial charge in [-0.3, -0.25) is 4.98 Å². The third-order valence-corrected chi connectivity index (χ3v) is 3.53. The molecular formula is C17H16N3Y+2. The van der Waals surface area contributed by atoms with Crippen LogP contribution in [-0.2, 0) is 45.6 Å². The van der Waals surface area contributed by atoms with E-state index < -0.39 is 0 Å². The fourth-order valence-corrected chi connectivity index (χ4v) is 2.38. The van der Waals surface area contributed by atoms with Gasteiger partial charge < -0.3 is 10.7 Å². The van der Waals surface area contributed by atoms with Crippen LogP contribution in [0.5, 0.6) is 0 Å². The number of nitrogens with one attached hydrogen (secondary N) is 1. The number of aryl methyl sites for hydroxylation is 3. The van der Waals surface area contributed by atoms with Gasteiger partial charge in [0.2, 0.25) is 0 Å². The van der Waals surface area contributed by atoms with Crippen molar-refractivity contribution in [2.45, 2.75) is 19.8 Å². The number of rotatable bonds is 3. The number of hydrogen-bond donors (Lipinski definition) is 0. The van der Waals surface area contributed by atoms with Crippen molar-refractivity contribution in [1.29, 1.82) is 0 Å². The molecule has 21 heavy (non-hydrogen) atoms. The number of pyridine rings is 2. The molecule has 0 aliphatic heterocycles. The minimum absolute atomic E-state index is 0. The first-order valence-corrected chi connectivity index (χ1v) is 6.74. The number of aromatic nitrogens is 2. The van der Waals surface area contributed by atoms with Gasteiger partial charge in [0.1, 0.15) is 0 Å². The molecule has 3 aromatic rings. The molecular weight excluding hydrogens is 335 g/mol. The summed E-state index contributed by atoms with van der Waals surface area (Å²) in [6.45, 7) is 1.99. The number of nitrogens with zero attached hydrogens (tertiary/aromatic N) is 2. The predicted molar refractivity (Wildman–Crippen MR) is 82.1 cm³/mol. The van der Waals surface area contributed by atoms with E-state index in [-0.39, 0.29) is 32.7 Å². The Morgan fingerprint density at radius 2 is 1.67 bits per heavy atom. The first-order valence-electron chi connectivity index (χ1n) is 6.74. The van der Waals surface area contributed by atoms with Crippen LogP contribution in [0.3, 0.4) is 0 Å². The maximum atomic E-state index is 7.86. The molecule has 0 spiro atoms. The van der Waals surface area contributed by atoms with Crippen LogP contribution < -0.4 is 0 Å². The van der Waals surface area contributed by atoms with Crippen molar-refractivity contribution < 1.29 is 32.7 Å². The predicted octanol–water partition coefficient (Wildman–Crippen LogP) is 4.40. The van der Waals surface area contributed by atoms with Crippen molar-refractivity contribution >= 4 is 16.6 Å². The smallest absolute Gasteiger partial charge is 0.482 e. The standard InChI is InChI=1S/C17H16N3.Y/c1-12-6-7-13(10-19-12)8-9-14-11-20-17(18)16-5-3-2-4-15(14)16;/h2-7,10-11H,8-9H2,1H3,(H-,18,20);/q-1;+3. The Morgan fingerprint density at radius 1 is 0.905 bits per heavy atom. The van der Waals surface area contributed by atoms with Gasteiger partial charge in [-0.2, -0.15) is 0 Å². The Kier molecular flexibility index (Phi) is 5.43. The van der Waals surface area contributed by atoms with Crippen molar-refractivity contribution in [3.05, 3.63) is 71.3 Å². The Hall–Kier alpha value is -1.32. The molecule has 0 unspecified atom stereocenters. The zero-order valence-electron chi connectivity index (χ0n) is 12.0. The molecule has 4 heteroatoms. The SMILES string of the molecule is Cc1ccc(CCc2cnc([NH-])c3ccccc23)cn1.[Y+3]. The van der Waals surface area contributed by atoms with Crippen molar-refractivity contribution in [2.24, 2.45) is 0 Å². The number of fused-ring (bicyclic) bond motifs is 1. The maximum Gasteiger partial charge on any atom is 3.00 e. The fraction of sp³-hybridized carbons (Fsp3) is 0.176. The molecule has 0 radical (unpaired) electrons. The van der Waals surface area contributed by atoms with Gasteiger partial charge in [0.15, 0.2) is 0 Å². The third kappa shape index (κ3) is 3.66. The molecule has 2 aromatic heterocycles. The van der Waals surface area contributed by atoms with Crippen molar-refractivity contribution in [3.8, 4) is 0 Å². The van der Waals surface area contributed by atoms with Crippen LogP contribution in [0, 0.1) is 6.92 Å². The maximum absolute atomic E-state index is 7.86. The molecule has 0 atom stereocenters. The topological polar surface area (TPSA) is 49.6 Å². The van der Waals surface area contributed by atoms with Gasteiger partial charge in [-0.15, -0.1) is 0 Å². The summed E-state index contributed by atoms with van der Waals surface area (Å²) in [5.41, 5.74) is 11.3. The van der Waals surface area contributed by atoms with E-state index in [9.17, 15) is 0 Å². The van der Waals surface area contributed by atoms with Gasteiger partial charge in [-0.25, -0.2) is 0 Å². The van der Waals surface area contributed by atoms with E-state index in [0.717, 1.165) is 29.3 Å². The largest absolute Gasteiger partial charge is 3.00 e. The Labute approximate surface area is 149 Å². The van der Waals surface area contributed by atoms with Crippen molar-refractivity contribution in [1.82, 2.24) is 9.97 Å². The zero-order chi connectivity index (χ0) is 13.9. The van der Waals surface area contributed by atoms with Gasteiger partial charge >= 0.3 is 32.7 Å². The fourth-order valence-electron chi connectivity index (χ4n) is 2.38. The number of benzene rings is 1. The second kappa shape index (κ2) is 7.10. The average molecular weight is 351 g/mol. The molecule has 0 amide bonds. The second-order valence-electron chi connectivity index (χ2n) is 4.99. The molecule has 0 aliphatic carbocycles. The Morgan fingerprint density at radius 3 is 2.38 bits per heavy atom. The molecule has 0 saturated carbocycles. The average Bonchev–Trinajstić information content (AvgIpc) is 2.49. The summed E-state index contributed by atoms with van der Waals surface area (Å²) < 4.78 is 0. The van der Waals surface area contributed by atoms with Crippen LogP contribution in [0.2, 0.25) is 0 Å². The van der Waals surface area contributed by atoms with E-state index in [1.165, 1.54) is 11.1 Å². The first-order chi connectivity index (χ1) is 9.74. The molecule has 1 N–H and O–H groups in total. The zero-order valence-corrected chi connectivity index (χ0v) is 14.8. The first kappa shape index (κ1) is 16.1. The third-order valence-electron chi connectivity index (χ3n) is 3.53. The van der Waals surface area contributed by atoms with Crippen LogP contribution in [-0.4, -0.2) is 9.97 Å². The molecule has 0 aliphatic rings. The van der Waals surface area contributed by atoms with E-state index in [2.05, 4.69) is 22.1 Å². The van der Waals surface area contributed by atoms with Gasteiger partial charge in [-0.1, -0.05) is 42.3 Å². The number of hydrogen-bond acceptors (Lipinski definition) is 2. The van der Waals surface area contributed by atoms with E-state index in [4.69, 9.17) is 5.73 Å². The van der Waals surface area contributed by atoms with Gasteiger partial charge in [0.25, 0.3) is 0 Å². The van der Waals surface area contributed by atoms with E-state index in [1.807, 2.05) is 43.6 Å². The minimum Gasteiger partial charge on any atom is -0.482 e. The van der Waals surface area contributed by atoms with Crippen molar-refractivity contribution in [2.75, 3.05) is 0 Å². The molecule has 3 nitrogen and oxygen atoms in total. The molecule has 1 aromatic carbocycles. The second-order valence-corrected chi connectivity index (χ2v) is 4.99. The van der Waals surface area contributed by atoms with Crippen LogP contribution in [0.1, 0.15) is 16.8 Å². The monoisotopic (exact) mass is 351 g/mol. The van der Waals surface area contributed by atoms with Gasteiger partial charge in [-0.05, 0) is 47.7 Å². The van der Waals surface area contributed by atoms with Gasteiger partial charge in [0.05, 0.1) is 0 Å². The summed E-state index contributed by atoms with van der Waals surface area (Å²) in [5, 5.41) is 2.06. The molecule has 3 rings (SSSR count). The Bertz CT molecular complexity index is 739. The van der Waals surface area contributed by atoms with Crippen LogP contribution in [0.25, 0.3) is 16.5 Å². The molecule has 0 fully saturated rings. The van der Waals surface area contributed by atoms with Crippen LogP contribution in [0.4, 0.5) is 5.82 Å². The van der Waals surface area contributed by atoms with E-state index >= 15 is 0 Å². The molecule has 0 bridgehead atoms. The Balaban J connectivity index is 0.00000161. The molecule has 100 valence electrons. The van der Waals surface area contributed by atoms with Crippen LogP contribution >= 0.6 is 0 Å². The van der Waals surface area contributed by atoms with E-state index in [0.29, 0.717) is 5.82 Å². The summed E-state index contributed by atoms with van der Waals surface area (Å²) in [7, 11) is 0. The summed E-state index contributed by atoms with van der Waals surface area (Å²) in [4.78, 5) is 8.51. The quantitative estimate of drug-likeness (QED) is 0.702. The summed E-state index contributed by atoms with van der Waals surface area (Å²) in [6.07, 6.45) is 5.62. The summed E-state index contributed by atoms with van der Waals surface area (Å²) >= 11 is 0. The van der Waals surface area contributed by atoms with Gasteiger partial charge in [0, 0.05) is 11.9 Å². The van der Waals surface area contributed by atoms with Crippen LogP contribution in [0.15, 0.2) is 48.8 Å². The van der Waals surface area contributed by atoms with E-state index in [1.54, 1.807) is 0 Å². The molecule has 2 heterocycles. The summed E-state index contributed by atoms with van der Waals surface area (Å²) in [5.74, 6) is 0.348. The minimum atomic E-state index is 0. The molecule has 0 saturated heterocycles. The summed E-state index contributed by atoms with van der Waals surface area (Å²) in [6, 6.07) is 12.2. The van der Waals surface area contributed by atoms with Crippen molar-refractivity contribution in [3.63, 3.8) is 0 Å². The normalized spacial score (nSPS) is 10.3.